The Morgan fingerprint density at radius 3 is 2.34 bits per heavy atom. The van der Waals surface area contributed by atoms with E-state index in [0.717, 1.165) is 18.2 Å². The highest BCUT2D eigenvalue weighted by Crippen LogP contribution is 2.38. The summed E-state index contributed by atoms with van der Waals surface area (Å²) in [6, 6.07) is 11.1. The minimum atomic E-state index is -4.02. The molecule has 0 heterocycles. The van der Waals surface area contributed by atoms with Gasteiger partial charge in [-0.05, 0) is 60.5 Å². The molecule has 0 unspecified atom stereocenters. The summed E-state index contributed by atoms with van der Waals surface area (Å²) < 4.78 is 56.8. The molecule has 29 heavy (non-hydrogen) atoms. The number of carbonyl (C=O) groups is 1. The van der Waals surface area contributed by atoms with E-state index in [1.165, 1.54) is 36.4 Å². The Labute approximate surface area is 165 Å². The molecule has 0 radical (unpaired) electrons. The van der Waals surface area contributed by atoms with E-state index < -0.39 is 27.6 Å². The van der Waals surface area contributed by atoms with Crippen molar-refractivity contribution in [3.63, 3.8) is 0 Å². The molecule has 0 saturated carbocycles. The minimum absolute atomic E-state index is 0.0769. The fraction of sp³-hybridized carbons (Fsp3) is 0.0500. The van der Waals surface area contributed by atoms with E-state index in [4.69, 9.17) is 15.6 Å². The summed E-state index contributed by atoms with van der Waals surface area (Å²) in [4.78, 5) is 11.7. The Morgan fingerprint density at radius 2 is 1.72 bits per heavy atom. The van der Waals surface area contributed by atoms with Crippen molar-refractivity contribution < 1.29 is 26.7 Å². The smallest absolute Gasteiger partial charge is 0.252 e. The van der Waals surface area contributed by atoms with Crippen molar-refractivity contribution in [1.29, 1.82) is 0 Å². The molecule has 4 N–H and O–H groups in total. The lowest BCUT2D eigenvalue weighted by Crippen LogP contribution is -2.14. The molecule has 1 amide bonds. The minimum Gasteiger partial charge on any atom is -0.456 e. The molecule has 3 aromatic carbocycles. The zero-order valence-electron chi connectivity index (χ0n) is 15.1. The van der Waals surface area contributed by atoms with Crippen molar-refractivity contribution in [2.45, 2.75) is 11.8 Å². The SMILES string of the molecule is Cc1cc(F)ccc1Oc1c(C(N)=O)cc(F)cc1-c1cccc(S(N)(=O)=O)c1. The number of aryl methyl sites for hydroxylation is 1. The maximum Gasteiger partial charge on any atom is 0.252 e. The number of nitrogens with two attached hydrogens (primary N) is 2. The molecule has 0 aliphatic rings. The number of primary sulfonamides is 1. The van der Waals surface area contributed by atoms with Gasteiger partial charge in [0.2, 0.25) is 10.0 Å². The summed E-state index contributed by atoms with van der Waals surface area (Å²) in [7, 11) is -4.02. The highest BCUT2D eigenvalue weighted by molar-refractivity contribution is 7.89. The van der Waals surface area contributed by atoms with Gasteiger partial charge >= 0.3 is 0 Å². The highest BCUT2D eigenvalue weighted by Gasteiger charge is 2.21. The first-order chi connectivity index (χ1) is 13.6. The fourth-order valence-corrected chi connectivity index (χ4v) is 3.34. The number of carbonyl (C=O) groups excluding carboxylic acids is 1. The molecule has 0 spiro atoms. The van der Waals surface area contributed by atoms with E-state index in [1.807, 2.05) is 0 Å². The zero-order valence-corrected chi connectivity index (χ0v) is 16.0. The third kappa shape index (κ3) is 4.41. The molecule has 0 aliphatic carbocycles. The second-order valence-corrected chi connectivity index (χ2v) is 7.84. The number of ether oxygens (including phenoxy) is 1. The van der Waals surface area contributed by atoms with Crippen molar-refractivity contribution in [3.05, 3.63) is 77.4 Å². The molecular formula is C20H16F2N2O4S. The van der Waals surface area contributed by atoms with Gasteiger partial charge in [0.25, 0.3) is 5.91 Å². The molecule has 0 aromatic heterocycles. The molecule has 0 bridgehead atoms. The van der Waals surface area contributed by atoms with Crippen LogP contribution in [0.15, 0.2) is 59.5 Å². The summed E-state index contributed by atoms with van der Waals surface area (Å²) in [6.45, 7) is 1.59. The fourth-order valence-electron chi connectivity index (χ4n) is 2.78. The maximum absolute atomic E-state index is 14.2. The number of benzene rings is 3. The quantitative estimate of drug-likeness (QED) is 0.660. The number of rotatable bonds is 5. The van der Waals surface area contributed by atoms with Gasteiger partial charge in [-0.25, -0.2) is 22.3 Å². The van der Waals surface area contributed by atoms with Crippen LogP contribution < -0.4 is 15.6 Å². The van der Waals surface area contributed by atoms with Crippen LogP contribution in [0.1, 0.15) is 15.9 Å². The van der Waals surface area contributed by atoms with Gasteiger partial charge in [0.15, 0.2) is 0 Å². The normalized spacial score (nSPS) is 11.3. The van der Waals surface area contributed by atoms with Crippen molar-refractivity contribution in [2.75, 3.05) is 0 Å². The van der Waals surface area contributed by atoms with Gasteiger partial charge in [-0.2, -0.15) is 0 Å². The van der Waals surface area contributed by atoms with E-state index in [9.17, 15) is 22.0 Å². The Hall–Kier alpha value is -3.30. The molecule has 9 heteroatoms. The molecule has 6 nitrogen and oxygen atoms in total. The van der Waals surface area contributed by atoms with Crippen LogP contribution in [0, 0.1) is 18.6 Å². The predicted molar refractivity (Wildman–Crippen MR) is 103 cm³/mol. The number of amides is 1. The van der Waals surface area contributed by atoms with E-state index in [1.54, 1.807) is 6.92 Å². The average molecular weight is 418 g/mol. The number of sulfonamides is 1. The third-order valence-corrected chi connectivity index (χ3v) is 5.05. The molecule has 3 rings (SSSR count). The van der Waals surface area contributed by atoms with Crippen molar-refractivity contribution in [3.8, 4) is 22.6 Å². The standard InChI is InChI=1S/C20H16F2N2O4S/c1-11-7-13(21)5-6-18(11)28-19-16(9-14(22)10-17(19)20(23)25)12-3-2-4-15(8-12)29(24,26)27/h2-10H,1H3,(H2,23,25)(H2,24,26,27). The van der Waals surface area contributed by atoms with Crippen LogP contribution in [0.3, 0.4) is 0 Å². The second-order valence-electron chi connectivity index (χ2n) is 6.28. The van der Waals surface area contributed by atoms with Crippen LogP contribution >= 0.6 is 0 Å². The van der Waals surface area contributed by atoms with Gasteiger partial charge in [-0.3, -0.25) is 4.79 Å². The number of hydrogen-bond donors (Lipinski definition) is 2. The zero-order chi connectivity index (χ0) is 21.3. The maximum atomic E-state index is 14.2. The molecule has 0 fully saturated rings. The summed E-state index contributed by atoms with van der Waals surface area (Å²) in [5.41, 5.74) is 5.86. The topological polar surface area (TPSA) is 112 Å². The largest absolute Gasteiger partial charge is 0.456 e. The first-order valence-electron chi connectivity index (χ1n) is 8.27. The Balaban J connectivity index is 2.26. The lowest BCUT2D eigenvalue weighted by molar-refractivity contribution is 0.0997. The van der Waals surface area contributed by atoms with Crippen molar-refractivity contribution in [1.82, 2.24) is 0 Å². The highest BCUT2D eigenvalue weighted by atomic mass is 32.2. The second kappa shape index (κ2) is 7.61. The van der Waals surface area contributed by atoms with Gasteiger partial charge in [-0.1, -0.05) is 12.1 Å². The van der Waals surface area contributed by atoms with Crippen LogP contribution in [0.2, 0.25) is 0 Å². The lowest BCUT2D eigenvalue weighted by atomic mass is 10.0. The Morgan fingerprint density at radius 1 is 1.00 bits per heavy atom. The predicted octanol–water partition coefficient (Wildman–Crippen LogP) is 3.48. The van der Waals surface area contributed by atoms with Gasteiger partial charge in [0.05, 0.1) is 10.5 Å². The van der Waals surface area contributed by atoms with Crippen LogP contribution in [-0.4, -0.2) is 14.3 Å². The van der Waals surface area contributed by atoms with E-state index >= 15 is 0 Å². The molecule has 0 atom stereocenters. The number of halogens is 2. The van der Waals surface area contributed by atoms with Gasteiger partial charge < -0.3 is 10.5 Å². The molecular weight excluding hydrogens is 402 g/mol. The lowest BCUT2D eigenvalue weighted by Gasteiger charge is -2.17. The van der Waals surface area contributed by atoms with Crippen LogP contribution in [-0.2, 0) is 10.0 Å². The van der Waals surface area contributed by atoms with E-state index in [0.29, 0.717) is 5.56 Å². The van der Waals surface area contributed by atoms with Crippen LogP contribution in [0.4, 0.5) is 8.78 Å². The number of primary amides is 1. The summed E-state index contributed by atoms with van der Waals surface area (Å²) in [5.74, 6) is -2.10. The van der Waals surface area contributed by atoms with E-state index in [2.05, 4.69) is 0 Å². The van der Waals surface area contributed by atoms with Gasteiger partial charge in [0.1, 0.15) is 23.1 Å². The molecule has 0 saturated heterocycles. The Bertz CT molecular complexity index is 1230. The third-order valence-electron chi connectivity index (χ3n) is 4.14. The summed E-state index contributed by atoms with van der Waals surface area (Å²) >= 11 is 0. The van der Waals surface area contributed by atoms with E-state index in [-0.39, 0.29) is 33.1 Å². The van der Waals surface area contributed by atoms with Gasteiger partial charge in [0, 0.05) is 5.56 Å². The summed E-state index contributed by atoms with van der Waals surface area (Å²) in [5, 5.41) is 5.16. The van der Waals surface area contributed by atoms with Crippen LogP contribution in [0.5, 0.6) is 11.5 Å². The Kier molecular flexibility index (Phi) is 5.36. The van der Waals surface area contributed by atoms with Crippen LogP contribution in [0.25, 0.3) is 11.1 Å². The van der Waals surface area contributed by atoms with Crippen molar-refractivity contribution in [2.24, 2.45) is 10.9 Å². The molecule has 0 aliphatic heterocycles. The first-order valence-corrected chi connectivity index (χ1v) is 9.81. The van der Waals surface area contributed by atoms with Crippen molar-refractivity contribution >= 4 is 15.9 Å². The molecule has 3 aromatic rings. The molecule has 150 valence electrons. The monoisotopic (exact) mass is 418 g/mol. The number of hydrogen-bond acceptors (Lipinski definition) is 4. The first kappa shape index (κ1) is 20.4. The average Bonchev–Trinajstić information content (AvgIpc) is 2.64. The summed E-state index contributed by atoms with van der Waals surface area (Å²) in [6.07, 6.45) is 0. The van der Waals surface area contributed by atoms with Gasteiger partial charge in [-0.15, -0.1) is 0 Å².